The Morgan fingerprint density at radius 1 is 1.23 bits per heavy atom. The van der Waals surface area contributed by atoms with E-state index in [4.69, 9.17) is 16.9 Å². The summed E-state index contributed by atoms with van der Waals surface area (Å²) >= 11 is 6.24. The standard InChI is InChI=1S/C21H21ClN2O2/c22-17-10-11-19(24-20(25)12-13-23)18(14-17)21(26,16-8-4-5-9-16)15-6-2-1-3-7-15/h1-3,6-7,10-11,14,16,26H,4-5,8-9,12H2,(H,24,25). The predicted octanol–water partition coefficient (Wildman–Crippen LogP) is 4.62. The highest BCUT2D eigenvalue weighted by Crippen LogP contribution is 2.47. The summed E-state index contributed by atoms with van der Waals surface area (Å²) in [6.07, 6.45) is 3.70. The van der Waals surface area contributed by atoms with Crippen LogP contribution in [0.4, 0.5) is 5.69 Å². The molecule has 0 bridgehead atoms. The van der Waals surface area contributed by atoms with Gasteiger partial charge in [-0.25, -0.2) is 0 Å². The molecule has 0 heterocycles. The summed E-state index contributed by atoms with van der Waals surface area (Å²) in [5, 5.41) is 23.9. The minimum atomic E-state index is -1.25. The Bertz CT molecular complexity index is 826. The first-order chi connectivity index (χ1) is 12.6. The highest BCUT2D eigenvalue weighted by Gasteiger charge is 2.43. The summed E-state index contributed by atoms with van der Waals surface area (Å²) in [6, 6.07) is 16.4. The summed E-state index contributed by atoms with van der Waals surface area (Å²) < 4.78 is 0. The first kappa shape index (κ1) is 18.4. The fourth-order valence-corrected chi connectivity index (χ4v) is 4.03. The van der Waals surface area contributed by atoms with Crippen molar-refractivity contribution in [1.82, 2.24) is 0 Å². The molecule has 1 aliphatic rings. The number of carbonyl (C=O) groups is 1. The Morgan fingerprint density at radius 2 is 1.92 bits per heavy atom. The van der Waals surface area contributed by atoms with Gasteiger partial charge in [0.1, 0.15) is 12.0 Å². The van der Waals surface area contributed by atoms with Crippen LogP contribution in [-0.4, -0.2) is 11.0 Å². The summed E-state index contributed by atoms with van der Waals surface area (Å²) in [5.74, 6) is -0.368. The number of anilines is 1. The molecule has 0 spiro atoms. The van der Waals surface area contributed by atoms with Gasteiger partial charge in [-0.05, 0) is 42.5 Å². The van der Waals surface area contributed by atoms with Crippen molar-refractivity contribution in [3.8, 4) is 6.07 Å². The van der Waals surface area contributed by atoms with Crippen LogP contribution in [0.25, 0.3) is 0 Å². The molecule has 0 saturated heterocycles. The van der Waals surface area contributed by atoms with E-state index >= 15 is 0 Å². The Morgan fingerprint density at radius 3 is 2.58 bits per heavy atom. The van der Waals surface area contributed by atoms with E-state index in [2.05, 4.69) is 5.32 Å². The maximum Gasteiger partial charge on any atom is 0.238 e. The molecule has 0 radical (unpaired) electrons. The number of amides is 1. The molecule has 3 rings (SSSR count). The van der Waals surface area contributed by atoms with Gasteiger partial charge in [-0.15, -0.1) is 0 Å². The third-order valence-electron chi connectivity index (χ3n) is 5.07. The maximum absolute atomic E-state index is 12.0. The van der Waals surface area contributed by atoms with Gasteiger partial charge in [0.05, 0.1) is 6.07 Å². The molecule has 2 aromatic carbocycles. The van der Waals surface area contributed by atoms with Gasteiger partial charge in [-0.1, -0.05) is 54.8 Å². The largest absolute Gasteiger partial charge is 0.380 e. The van der Waals surface area contributed by atoms with Crippen molar-refractivity contribution in [1.29, 1.82) is 5.26 Å². The zero-order valence-electron chi connectivity index (χ0n) is 14.4. The number of hydrogen-bond acceptors (Lipinski definition) is 3. The van der Waals surface area contributed by atoms with Gasteiger partial charge in [0.25, 0.3) is 0 Å². The van der Waals surface area contributed by atoms with Crippen molar-refractivity contribution in [2.75, 3.05) is 5.32 Å². The summed E-state index contributed by atoms with van der Waals surface area (Å²) in [4.78, 5) is 12.0. The van der Waals surface area contributed by atoms with E-state index in [9.17, 15) is 9.90 Å². The second kappa shape index (κ2) is 7.90. The predicted molar refractivity (Wildman–Crippen MR) is 102 cm³/mol. The normalized spacial score (nSPS) is 16.7. The topological polar surface area (TPSA) is 73.1 Å². The lowest BCUT2D eigenvalue weighted by atomic mass is 9.74. The molecule has 5 heteroatoms. The first-order valence-corrected chi connectivity index (χ1v) is 9.18. The molecule has 1 saturated carbocycles. The minimum Gasteiger partial charge on any atom is -0.380 e. The van der Waals surface area contributed by atoms with E-state index in [1.54, 1.807) is 18.2 Å². The highest BCUT2D eigenvalue weighted by molar-refractivity contribution is 6.30. The molecule has 1 atom stereocenters. The number of halogens is 1. The van der Waals surface area contributed by atoms with Gasteiger partial charge in [-0.3, -0.25) is 4.79 Å². The number of nitriles is 1. The zero-order valence-corrected chi connectivity index (χ0v) is 15.2. The molecule has 1 amide bonds. The number of aliphatic hydroxyl groups is 1. The number of hydrogen-bond donors (Lipinski definition) is 2. The van der Waals surface area contributed by atoms with Crippen molar-refractivity contribution in [2.45, 2.75) is 37.7 Å². The SMILES string of the molecule is N#CCC(=O)Nc1ccc(Cl)cc1C(O)(c1ccccc1)C1CCCC1. The molecule has 26 heavy (non-hydrogen) atoms. The van der Waals surface area contributed by atoms with Crippen LogP contribution in [0.15, 0.2) is 48.5 Å². The molecule has 1 aliphatic carbocycles. The number of nitrogens with one attached hydrogen (secondary N) is 1. The van der Waals surface area contributed by atoms with Crippen LogP contribution in [0.2, 0.25) is 5.02 Å². The minimum absolute atomic E-state index is 0.0370. The van der Waals surface area contributed by atoms with E-state index < -0.39 is 11.5 Å². The summed E-state index contributed by atoms with van der Waals surface area (Å²) in [7, 11) is 0. The number of rotatable bonds is 5. The number of benzene rings is 2. The molecular weight excluding hydrogens is 348 g/mol. The van der Waals surface area contributed by atoms with Crippen LogP contribution in [-0.2, 0) is 10.4 Å². The van der Waals surface area contributed by atoms with Crippen molar-refractivity contribution in [3.63, 3.8) is 0 Å². The van der Waals surface area contributed by atoms with E-state index in [1.807, 2.05) is 36.4 Å². The Labute approximate surface area is 158 Å². The van der Waals surface area contributed by atoms with Crippen LogP contribution in [0.3, 0.4) is 0 Å². The lowest BCUT2D eigenvalue weighted by Crippen LogP contribution is -2.36. The third kappa shape index (κ3) is 3.60. The fraction of sp³-hybridized carbons (Fsp3) is 0.333. The molecule has 0 aromatic heterocycles. The molecule has 2 aromatic rings. The average molecular weight is 369 g/mol. The van der Waals surface area contributed by atoms with Gasteiger partial charge in [-0.2, -0.15) is 5.26 Å². The maximum atomic E-state index is 12.0. The zero-order chi connectivity index (χ0) is 18.6. The van der Waals surface area contributed by atoms with E-state index in [-0.39, 0.29) is 12.3 Å². The van der Waals surface area contributed by atoms with E-state index in [0.717, 1.165) is 31.2 Å². The van der Waals surface area contributed by atoms with Crippen LogP contribution in [0.5, 0.6) is 0 Å². The monoisotopic (exact) mass is 368 g/mol. The lowest BCUT2D eigenvalue weighted by Gasteiger charge is -2.37. The second-order valence-electron chi connectivity index (χ2n) is 6.69. The van der Waals surface area contributed by atoms with Crippen molar-refractivity contribution < 1.29 is 9.90 Å². The quantitative estimate of drug-likeness (QED) is 0.808. The summed E-state index contributed by atoms with van der Waals surface area (Å²) in [5.41, 5.74) is 0.602. The van der Waals surface area contributed by atoms with Crippen molar-refractivity contribution in [3.05, 3.63) is 64.7 Å². The van der Waals surface area contributed by atoms with Gasteiger partial charge in [0, 0.05) is 16.3 Å². The molecule has 1 unspecified atom stereocenters. The van der Waals surface area contributed by atoms with Crippen LogP contribution < -0.4 is 5.32 Å². The molecule has 0 aliphatic heterocycles. The first-order valence-electron chi connectivity index (χ1n) is 8.80. The highest BCUT2D eigenvalue weighted by atomic mass is 35.5. The Kier molecular flexibility index (Phi) is 5.61. The number of nitrogens with zero attached hydrogens (tertiary/aromatic N) is 1. The Balaban J connectivity index is 2.13. The van der Waals surface area contributed by atoms with Gasteiger partial charge in [0.15, 0.2) is 0 Å². The second-order valence-corrected chi connectivity index (χ2v) is 7.12. The Hall–Kier alpha value is -2.35. The van der Waals surface area contributed by atoms with Crippen LogP contribution in [0, 0.1) is 17.2 Å². The molecular formula is C21H21ClN2O2. The number of carbonyl (C=O) groups excluding carboxylic acids is 1. The van der Waals surface area contributed by atoms with E-state index in [0.29, 0.717) is 16.3 Å². The van der Waals surface area contributed by atoms with Gasteiger partial charge >= 0.3 is 0 Å². The molecule has 2 N–H and O–H groups in total. The lowest BCUT2D eigenvalue weighted by molar-refractivity contribution is -0.115. The molecule has 1 fully saturated rings. The van der Waals surface area contributed by atoms with Gasteiger partial charge < -0.3 is 10.4 Å². The molecule has 134 valence electrons. The van der Waals surface area contributed by atoms with Crippen molar-refractivity contribution >= 4 is 23.2 Å². The smallest absolute Gasteiger partial charge is 0.238 e. The third-order valence-corrected chi connectivity index (χ3v) is 5.30. The summed E-state index contributed by atoms with van der Waals surface area (Å²) in [6.45, 7) is 0. The van der Waals surface area contributed by atoms with E-state index in [1.165, 1.54) is 0 Å². The van der Waals surface area contributed by atoms with Crippen molar-refractivity contribution in [2.24, 2.45) is 5.92 Å². The average Bonchev–Trinajstić information content (AvgIpc) is 3.19. The molecule has 4 nitrogen and oxygen atoms in total. The van der Waals surface area contributed by atoms with Crippen LogP contribution >= 0.6 is 11.6 Å². The van der Waals surface area contributed by atoms with Crippen LogP contribution in [0.1, 0.15) is 43.2 Å². The van der Waals surface area contributed by atoms with Gasteiger partial charge in [0.2, 0.25) is 5.91 Å². The fourth-order valence-electron chi connectivity index (χ4n) is 3.85.